The van der Waals surface area contributed by atoms with Gasteiger partial charge in [-0.05, 0) is 18.1 Å². The van der Waals surface area contributed by atoms with Crippen LogP contribution < -0.4 is 10.2 Å². The monoisotopic (exact) mass is 262 g/mol. The molecule has 0 bridgehead atoms. The first-order valence-corrected chi connectivity index (χ1v) is 6.47. The van der Waals surface area contributed by atoms with Crippen LogP contribution in [0.25, 0.3) is 0 Å². The van der Waals surface area contributed by atoms with E-state index in [0.29, 0.717) is 13.1 Å². The highest BCUT2D eigenvalue weighted by molar-refractivity contribution is 5.87. The van der Waals surface area contributed by atoms with Crippen molar-refractivity contribution in [3.63, 3.8) is 0 Å². The topological polar surface area (TPSA) is 69.6 Å². The van der Waals surface area contributed by atoms with E-state index >= 15 is 0 Å². The zero-order valence-corrected chi connectivity index (χ0v) is 10.9. The van der Waals surface area contributed by atoms with Crippen LogP contribution >= 0.6 is 0 Å². The summed E-state index contributed by atoms with van der Waals surface area (Å²) in [7, 11) is 0. The molecular formula is C14H18N2O3. The summed E-state index contributed by atoms with van der Waals surface area (Å²) in [5, 5.41) is 12.0. The van der Waals surface area contributed by atoms with Crippen LogP contribution in [0.4, 0.5) is 5.69 Å². The lowest BCUT2D eigenvalue weighted by Gasteiger charge is -2.18. The number of aliphatic carboxylic acids is 1. The molecule has 5 heteroatoms. The molecular weight excluding hydrogens is 244 g/mol. The summed E-state index contributed by atoms with van der Waals surface area (Å²) < 4.78 is 0. The standard InChI is InChI=1S/C14H18N2O3/c1-2-7-15-13(17)9-16-8-11(14(18)19)10-5-3-4-6-12(10)16/h3-6,11H,2,7-9H2,1H3,(H,15,17)(H,18,19). The molecule has 1 amide bonds. The van der Waals surface area contributed by atoms with Gasteiger partial charge in [0, 0.05) is 18.8 Å². The summed E-state index contributed by atoms with van der Waals surface area (Å²) >= 11 is 0. The van der Waals surface area contributed by atoms with E-state index in [1.807, 2.05) is 36.1 Å². The second kappa shape index (κ2) is 5.73. The van der Waals surface area contributed by atoms with Crippen LogP contribution in [0.15, 0.2) is 24.3 Å². The SMILES string of the molecule is CCCNC(=O)CN1CC(C(=O)O)c2ccccc21. The predicted molar refractivity (Wildman–Crippen MR) is 72.3 cm³/mol. The van der Waals surface area contributed by atoms with E-state index < -0.39 is 11.9 Å². The van der Waals surface area contributed by atoms with Crippen molar-refractivity contribution in [3.05, 3.63) is 29.8 Å². The van der Waals surface area contributed by atoms with Gasteiger partial charge in [0.05, 0.1) is 6.54 Å². The molecule has 1 atom stereocenters. The molecule has 19 heavy (non-hydrogen) atoms. The zero-order valence-electron chi connectivity index (χ0n) is 10.9. The van der Waals surface area contributed by atoms with E-state index in [4.69, 9.17) is 0 Å². The van der Waals surface area contributed by atoms with Crippen LogP contribution in [0.5, 0.6) is 0 Å². The lowest BCUT2D eigenvalue weighted by molar-refractivity contribution is -0.138. The van der Waals surface area contributed by atoms with Gasteiger partial charge < -0.3 is 15.3 Å². The van der Waals surface area contributed by atoms with Crippen molar-refractivity contribution in [3.8, 4) is 0 Å². The average molecular weight is 262 g/mol. The number of hydrogen-bond acceptors (Lipinski definition) is 3. The third kappa shape index (κ3) is 2.86. The quantitative estimate of drug-likeness (QED) is 0.836. The average Bonchev–Trinajstić information content (AvgIpc) is 2.76. The fraction of sp³-hybridized carbons (Fsp3) is 0.429. The van der Waals surface area contributed by atoms with Crippen molar-refractivity contribution in [2.75, 3.05) is 24.5 Å². The molecule has 0 saturated heterocycles. The summed E-state index contributed by atoms with van der Waals surface area (Å²) in [5.41, 5.74) is 1.64. The number of carbonyl (C=O) groups is 2. The maximum Gasteiger partial charge on any atom is 0.312 e. The van der Waals surface area contributed by atoms with Crippen molar-refractivity contribution >= 4 is 17.6 Å². The molecule has 1 aliphatic rings. The van der Waals surface area contributed by atoms with Gasteiger partial charge >= 0.3 is 5.97 Å². The second-order valence-electron chi connectivity index (χ2n) is 4.68. The molecule has 0 saturated carbocycles. The molecule has 0 radical (unpaired) electrons. The van der Waals surface area contributed by atoms with Gasteiger partial charge in [0.1, 0.15) is 5.92 Å². The lowest BCUT2D eigenvalue weighted by atomic mass is 10.0. The Hall–Kier alpha value is -2.04. The molecule has 1 aromatic rings. The number of rotatable bonds is 5. The van der Waals surface area contributed by atoms with Crippen LogP contribution in [0.3, 0.4) is 0 Å². The molecule has 0 fully saturated rings. The molecule has 0 spiro atoms. The zero-order chi connectivity index (χ0) is 13.8. The van der Waals surface area contributed by atoms with Gasteiger partial charge in [-0.3, -0.25) is 9.59 Å². The van der Waals surface area contributed by atoms with E-state index in [2.05, 4.69) is 5.32 Å². The van der Waals surface area contributed by atoms with Crippen LogP contribution in [-0.4, -0.2) is 36.6 Å². The third-order valence-corrected chi connectivity index (χ3v) is 3.26. The molecule has 1 heterocycles. The summed E-state index contributed by atoms with van der Waals surface area (Å²) in [6.45, 7) is 3.21. The van der Waals surface area contributed by atoms with Crippen LogP contribution in [-0.2, 0) is 9.59 Å². The fourth-order valence-corrected chi connectivity index (χ4v) is 2.34. The normalized spacial score (nSPS) is 17.1. The van der Waals surface area contributed by atoms with Crippen molar-refractivity contribution in [2.45, 2.75) is 19.3 Å². The number of nitrogens with one attached hydrogen (secondary N) is 1. The lowest BCUT2D eigenvalue weighted by Crippen LogP contribution is -2.37. The minimum absolute atomic E-state index is 0.0670. The highest BCUT2D eigenvalue weighted by Gasteiger charge is 2.33. The molecule has 5 nitrogen and oxygen atoms in total. The first-order chi connectivity index (χ1) is 9.13. The number of carboxylic acid groups (broad SMARTS) is 1. The Morgan fingerprint density at radius 2 is 2.16 bits per heavy atom. The van der Waals surface area contributed by atoms with E-state index in [9.17, 15) is 14.7 Å². The summed E-state index contributed by atoms with van der Waals surface area (Å²) in [6, 6.07) is 7.37. The van der Waals surface area contributed by atoms with Crippen LogP contribution in [0, 0.1) is 0 Å². The highest BCUT2D eigenvalue weighted by Crippen LogP contribution is 2.35. The van der Waals surface area contributed by atoms with Crippen LogP contribution in [0.2, 0.25) is 0 Å². The Morgan fingerprint density at radius 3 is 2.84 bits per heavy atom. The molecule has 1 aliphatic heterocycles. The molecule has 1 unspecified atom stereocenters. The Kier molecular flexibility index (Phi) is 4.04. The number of anilines is 1. The number of carbonyl (C=O) groups excluding carboxylic acids is 1. The van der Waals surface area contributed by atoms with E-state index in [-0.39, 0.29) is 12.5 Å². The van der Waals surface area contributed by atoms with Gasteiger partial charge in [-0.15, -0.1) is 0 Å². The predicted octanol–water partition coefficient (Wildman–Crippen LogP) is 1.20. The van der Waals surface area contributed by atoms with E-state index in [1.54, 1.807) is 0 Å². The Balaban J connectivity index is 2.12. The van der Waals surface area contributed by atoms with E-state index in [1.165, 1.54) is 0 Å². The van der Waals surface area contributed by atoms with Gasteiger partial charge in [0.2, 0.25) is 5.91 Å². The highest BCUT2D eigenvalue weighted by atomic mass is 16.4. The summed E-state index contributed by atoms with van der Waals surface area (Å²) in [6.07, 6.45) is 0.889. The van der Waals surface area contributed by atoms with Crippen LogP contribution in [0.1, 0.15) is 24.8 Å². The van der Waals surface area contributed by atoms with Gasteiger partial charge in [0.25, 0.3) is 0 Å². The largest absolute Gasteiger partial charge is 0.481 e. The van der Waals surface area contributed by atoms with Gasteiger partial charge in [-0.2, -0.15) is 0 Å². The first kappa shape index (κ1) is 13.4. The van der Waals surface area contributed by atoms with Crippen molar-refractivity contribution in [2.24, 2.45) is 0 Å². The minimum Gasteiger partial charge on any atom is -0.481 e. The first-order valence-electron chi connectivity index (χ1n) is 6.47. The Morgan fingerprint density at radius 1 is 1.42 bits per heavy atom. The number of hydrogen-bond donors (Lipinski definition) is 2. The Labute approximate surface area is 112 Å². The van der Waals surface area contributed by atoms with Gasteiger partial charge in [-0.1, -0.05) is 25.1 Å². The Bertz CT molecular complexity index is 487. The number of para-hydroxylation sites is 1. The minimum atomic E-state index is -0.844. The summed E-state index contributed by atoms with van der Waals surface area (Å²) in [5.74, 6) is -1.46. The molecule has 0 aromatic heterocycles. The van der Waals surface area contributed by atoms with Crippen molar-refractivity contribution in [1.29, 1.82) is 0 Å². The third-order valence-electron chi connectivity index (χ3n) is 3.26. The number of fused-ring (bicyclic) bond motifs is 1. The van der Waals surface area contributed by atoms with Gasteiger partial charge in [0.15, 0.2) is 0 Å². The maximum atomic E-state index is 11.7. The molecule has 1 aromatic carbocycles. The summed E-state index contributed by atoms with van der Waals surface area (Å²) in [4.78, 5) is 24.8. The van der Waals surface area contributed by atoms with Crippen molar-refractivity contribution in [1.82, 2.24) is 5.32 Å². The number of benzene rings is 1. The maximum absolute atomic E-state index is 11.7. The second-order valence-corrected chi connectivity index (χ2v) is 4.68. The molecule has 102 valence electrons. The molecule has 2 N–H and O–H groups in total. The van der Waals surface area contributed by atoms with E-state index in [0.717, 1.165) is 17.7 Å². The number of nitrogens with zero attached hydrogens (tertiary/aromatic N) is 1. The van der Waals surface area contributed by atoms with Gasteiger partial charge in [-0.25, -0.2) is 0 Å². The molecule has 2 rings (SSSR count). The number of carboxylic acids is 1. The molecule has 0 aliphatic carbocycles. The number of amides is 1. The smallest absolute Gasteiger partial charge is 0.312 e. The van der Waals surface area contributed by atoms with Crippen molar-refractivity contribution < 1.29 is 14.7 Å². The fourth-order valence-electron chi connectivity index (χ4n) is 2.34.